The highest BCUT2D eigenvalue weighted by atomic mass is 35.5. The number of ether oxygens (including phenoxy) is 1. The van der Waals surface area contributed by atoms with Crippen LogP contribution in [0.5, 0.6) is 5.75 Å². The van der Waals surface area contributed by atoms with Crippen LogP contribution < -0.4 is 15.8 Å². The Morgan fingerprint density at radius 1 is 1.44 bits per heavy atom. The van der Waals surface area contributed by atoms with Gasteiger partial charge in [0.25, 0.3) is 0 Å². The number of carbonyl (C=O) groups excluding carboxylic acids is 1. The number of halogens is 1. The lowest BCUT2D eigenvalue weighted by atomic mass is 10.2. The van der Waals surface area contributed by atoms with E-state index in [1.165, 1.54) is 0 Å². The van der Waals surface area contributed by atoms with Crippen molar-refractivity contribution in [1.29, 1.82) is 0 Å². The number of amides is 1. The molecule has 0 fully saturated rings. The monoisotopic (exact) mass is 244 g/mol. The van der Waals surface area contributed by atoms with Gasteiger partial charge in [0.1, 0.15) is 5.75 Å². The van der Waals surface area contributed by atoms with Crippen molar-refractivity contribution in [3.05, 3.63) is 18.2 Å². The Morgan fingerprint density at radius 2 is 2.06 bits per heavy atom. The molecule has 4 nitrogen and oxygen atoms in total. The number of hydrogen-bond donors (Lipinski definition) is 2. The predicted octanol–water partition coefficient (Wildman–Crippen LogP) is 2.29. The Labute approximate surface area is 102 Å². The zero-order valence-electron chi connectivity index (χ0n) is 9.61. The minimum atomic E-state index is -0.0478. The molecular weight excluding hydrogens is 228 g/mol. The van der Waals surface area contributed by atoms with Crippen molar-refractivity contribution in [2.75, 3.05) is 18.2 Å². The Balaban J connectivity index is 0.00000225. The zero-order valence-corrected chi connectivity index (χ0v) is 10.4. The minimum Gasteiger partial charge on any atom is -0.495 e. The van der Waals surface area contributed by atoms with Crippen LogP contribution >= 0.6 is 12.4 Å². The summed E-state index contributed by atoms with van der Waals surface area (Å²) in [6, 6.07) is 5.17. The lowest BCUT2D eigenvalue weighted by molar-refractivity contribution is -0.118. The van der Waals surface area contributed by atoms with Crippen LogP contribution in [0.2, 0.25) is 0 Å². The average Bonchev–Trinajstić information content (AvgIpc) is 2.18. The first kappa shape index (κ1) is 14.6. The fourth-order valence-electron chi connectivity index (χ4n) is 1.10. The minimum absolute atomic E-state index is 0. The third-order valence-electron chi connectivity index (χ3n) is 2.02. The topological polar surface area (TPSA) is 64.3 Å². The summed E-state index contributed by atoms with van der Waals surface area (Å²) in [6.07, 6.45) is 0. The maximum absolute atomic E-state index is 11.4. The van der Waals surface area contributed by atoms with Gasteiger partial charge in [-0.1, -0.05) is 13.8 Å². The molecule has 0 radical (unpaired) electrons. The summed E-state index contributed by atoms with van der Waals surface area (Å²) >= 11 is 0. The van der Waals surface area contributed by atoms with E-state index in [-0.39, 0.29) is 24.2 Å². The second-order valence-corrected chi connectivity index (χ2v) is 3.60. The molecule has 0 heterocycles. The van der Waals surface area contributed by atoms with Gasteiger partial charge < -0.3 is 15.8 Å². The number of benzene rings is 1. The van der Waals surface area contributed by atoms with E-state index < -0.39 is 0 Å². The third-order valence-corrected chi connectivity index (χ3v) is 2.02. The van der Waals surface area contributed by atoms with Crippen molar-refractivity contribution in [1.82, 2.24) is 0 Å². The van der Waals surface area contributed by atoms with Gasteiger partial charge in [-0.05, 0) is 18.2 Å². The van der Waals surface area contributed by atoms with Crippen LogP contribution in [0.3, 0.4) is 0 Å². The van der Waals surface area contributed by atoms with Gasteiger partial charge in [0, 0.05) is 11.6 Å². The van der Waals surface area contributed by atoms with Gasteiger partial charge in [0.15, 0.2) is 0 Å². The number of anilines is 2. The maximum atomic E-state index is 11.4. The zero-order chi connectivity index (χ0) is 11.4. The van der Waals surface area contributed by atoms with Gasteiger partial charge in [0.2, 0.25) is 5.91 Å². The van der Waals surface area contributed by atoms with Crippen molar-refractivity contribution >= 4 is 29.7 Å². The number of hydrogen-bond acceptors (Lipinski definition) is 3. The first-order valence-corrected chi connectivity index (χ1v) is 4.79. The smallest absolute Gasteiger partial charge is 0.226 e. The number of methoxy groups -OCH3 is 1. The molecule has 0 spiro atoms. The van der Waals surface area contributed by atoms with E-state index in [2.05, 4.69) is 5.32 Å². The molecule has 1 rings (SSSR count). The molecule has 0 atom stereocenters. The molecule has 0 aliphatic rings. The Hall–Kier alpha value is -1.42. The molecule has 90 valence electrons. The summed E-state index contributed by atoms with van der Waals surface area (Å²) in [5.74, 6) is 0.533. The maximum Gasteiger partial charge on any atom is 0.226 e. The van der Waals surface area contributed by atoms with Crippen LogP contribution in [0, 0.1) is 5.92 Å². The van der Waals surface area contributed by atoms with E-state index in [4.69, 9.17) is 10.5 Å². The molecule has 1 aromatic rings. The summed E-state index contributed by atoms with van der Waals surface area (Å²) in [5.41, 5.74) is 6.91. The van der Waals surface area contributed by atoms with Crippen LogP contribution in [0.15, 0.2) is 18.2 Å². The molecule has 0 saturated heterocycles. The second-order valence-electron chi connectivity index (χ2n) is 3.60. The number of carbonyl (C=O) groups is 1. The standard InChI is InChI=1S/C11H16N2O2.ClH/c1-7(2)11(14)13-8-4-5-10(15-3)9(12)6-8;/h4-7H,12H2,1-3H3,(H,13,14);1H. The van der Waals surface area contributed by atoms with Crippen LogP contribution in [0.25, 0.3) is 0 Å². The van der Waals surface area contributed by atoms with Crippen LogP contribution in [0.4, 0.5) is 11.4 Å². The molecule has 16 heavy (non-hydrogen) atoms. The molecule has 0 bridgehead atoms. The first-order valence-electron chi connectivity index (χ1n) is 4.79. The van der Waals surface area contributed by atoms with Crippen LogP contribution in [0.1, 0.15) is 13.8 Å². The number of nitrogens with two attached hydrogens (primary N) is 1. The van der Waals surface area contributed by atoms with E-state index in [0.717, 1.165) is 0 Å². The van der Waals surface area contributed by atoms with Crippen molar-refractivity contribution < 1.29 is 9.53 Å². The highest BCUT2D eigenvalue weighted by Crippen LogP contribution is 2.24. The molecule has 1 aromatic carbocycles. The molecule has 0 saturated carbocycles. The predicted molar refractivity (Wildman–Crippen MR) is 68.1 cm³/mol. The van der Waals surface area contributed by atoms with Crippen molar-refractivity contribution in [3.63, 3.8) is 0 Å². The molecule has 0 aliphatic carbocycles. The largest absolute Gasteiger partial charge is 0.495 e. The lowest BCUT2D eigenvalue weighted by Gasteiger charge is -2.10. The SMILES string of the molecule is COc1ccc(NC(=O)C(C)C)cc1N.Cl. The molecular formula is C11H17ClN2O2. The van der Waals surface area contributed by atoms with Crippen LogP contribution in [-0.2, 0) is 4.79 Å². The van der Waals surface area contributed by atoms with Crippen molar-refractivity contribution in [2.24, 2.45) is 5.92 Å². The average molecular weight is 245 g/mol. The summed E-state index contributed by atoms with van der Waals surface area (Å²) < 4.78 is 5.01. The van der Waals surface area contributed by atoms with E-state index >= 15 is 0 Å². The summed E-state index contributed by atoms with van der Waals surface area (Å²) in [6.45, 7) is 3.67. The van der Waals surface area contributed by atoms with Gasteiger partial charge in [0.05, 0.1) is 12.8 Å². The van der Waals surface area contributed by atoms with Gasteiger partial charge in [-0.3, -0.25) is 4.79 Å². The van der Waals surface area contributed by atoms with Crippen molar-refractivity contribution in [3.8, 4) is 5.75 Å². The first-order chi connectivity index (χ1) is 7.04. The van der Waals surface area contributed by atoms with E-state index in [0.29, 0.717) is 17.1 Å². The Bertz CT molecular complexity index is 367. The number of rotatable bonds is 3. The van der Waals surface area contributed by atoms with Gasteiger partial charge in [-0.2, -0.15) is 0 Å². The highest BCUT2D eigenvalue weighted by Gasteiger charge is 2.08. The van der Waals surface area contributed by atoms with Crippen molar-refractivity contribution in [2.45, 2.75) is 13.8 Å². The summed E-state index contributed by atoms with van der Waals surface area (Å²) in [7, 11) is 1.55. The fraction of sp³-hybridized carbons (Fsp3) is 0.364. The quantitative estimate of drug-likeness (QED) is 0.802. The van der Waals surface area contributed by atoms with E-state index in [1.54, 1.807) is 25.3 Å². The fourth-order valence-corrected chi connectivity index (χ4v) is 1.10. The molecule has 0 aromatic heterocycles. The molecule has 0 aliphatic heterocycles. The molecule has 3 N–H and O–H groups in total. The van der Waals surface area contributed by atoms with Gasteiger partial charge >= 0.3 is 0 Å². The number of nitrogen functional groups attached to an aromatic ring is 1. The number of nitrogens with one attached hydrogen (secondary N) is 1. The summed E-state index contributed by atoms with van der Waals surface area (Å²) in [4.78, 5) is 11.4. The van der Waals surface area contributed by atoms with Crippen LogP contribution in [-0.4, -0.2) is 13.0 Å². The van der Waals surface area contributed by atoms with Gasteiger partial charge in [-0.25, -0.2) is 0 Å². The Kier molecular flexibility index (Phi) is 5.67. The molecule has 1 amide bonds. The Morgan fingerprint density at radius 3 is 2.50 bits per heavy atom. The third kappa shape index (κ3) is 3.62. The second kappa shape index (κ2) is 6.23. The molecule has 0 unspecified atom stereocenters. The highest BCUT2D eigenvalue weighted by molar-refractivity contribution is 5.92. The van der Waals surface area contributed by atoms with E-state index in [9.17, 15) is 4.79 Å². The summed E-state index contributed by atoms with van der Waals surface area (Å²) in [5, 5.41) is 2.76. The van der Waals surface area contributed by atoms with Gasteiger partial charge in [-0.15, -0.1) is 12.4 Å². The molecule has 5 heteroatoms. The lowest BCUT2D eigenvalue weighted by Crippen LogP contribution is -2.17. The normalized spacial score (nSPS) is 9.50. The van der Waals surface area contributed by atoms with E-state index in [1.807, 2.05) is 13.8 Å².